The Morgan fingerprint density at radius 2 is 2.17 bits per heavy atom. The van der Waals surface area contributed by atoms with Gasteiger partial charge in [0.15, 0.2) is 0 Å². The molecule has 5 rings (SSSR count). The van der Waals surface area contributed by atoms with Crippen molar-refractivity contribution >= 4 is 43.6 Å². The Hall–Kier alpha value is -2.48. The van der Waals surface area contributed by atoms with Crippen LogP contribution in [0.5, 0.6) is 0 Å². The van der Waals surface area contributed by atoms with Gasteiger partial charge in [-0.2, -0.15) is 0 Å². The molecule has 0 saturated carbocycles. The molecule has 10 heteroatoms. The Morgan fingerprint density at radius 1 is 1.25 bits per heavy atom. The number of anilines is 2. The number of fused-ring (bicyclic) bond motifs is 1. The summed E-state index contributed by atoms with van der Waals surface area (Å²) in [7, 11) is 0. The summed E-state index contributed by atoms with van der Waals surface area (Å²) in [5.41, 5.74) is 4.07. The molecule has 1 amide bonds. The Bertz CT molecular complexity index is 1190. The molecule has 3 atom stereocenters. The van der Waals surface area contributed by atoms with E-state index < -0.39 is 15.8 Å². The van der Waals surface area contributed by atoms with E-state index in [0.717, 1.165) is 72.0 Å². The Labute approximate surface area is 218 Å². The summed E-state index contributed by atoms with van der Waals surface area (Å²) in [5, 5.41) is 15.5. The summed E-state index contributed by atoms with van der Waals surface area (Å²) in [6, 6.07) is 8.33. The number of hydrogen-bond donors (Lipinski definition) is 3. The fourth-order valence-electron chi connectivity index (χ4n) is 4.76. The Balaban J connectivity index is 1.32. The van der Waals surface area contributed by atoms with Gasteiger partial charge in [-0.05, 0) is 0 Å². The van der Waals surface area contributed by atoms with Gasteiger partial charge in [0.05, 0.1) is 0 Å². The molecule has 2 saturated heterocycles. The van der Waals surface area contributed by atoms with Gasteiger partial charge >= 0.3 is 219 Å². The minimum atomic E-state index is -0.659. The topological polar surface area (TPSA) is 105 Å². The number of aromatic nitrogens is 4. The normalized spacial score (nSPS) is 20.9. The van der Waals surface area contributed by atoms with Crippen molar-refractivity contribution in [1.82, 2.24) is 24.9 Å². The summed E-state index contributed by atoms with van der Waals surface area (Å²) >= 11 is -0.659. The molecular weight excluding hydrogens is 517 g/mol. The third kappa shape index (κ3) is 6.07. The van der Waals surface area contributed by atoms with Crippen molar-refractivity contribution in [2.45, 2.75) is 69.2 Å². The first-order valence-corrected chi connectivity index (χ1v) is 15.6. The molecule has 9 nitrogen and oxygen atoms in total. The van der Waals surface area contributed by atoms with E-state index in [9.17, 15) is 4.79 Å². The van der Waals surface area contributed by atoms with Crippen LogP contribution in [0.3, 0.4) is 0 Å². The molecule has 2 fully saturated rings. The van der Waals surface area contributed by atoms with Gasteiger partial charge in [-0.3, -0.25) is 0 Å². The van der Waals surface area contributed by atoms with Crippen LogP contribution in [0.15, 0.2) is 30.5 Å². The van der Waals surface area contributed by atoms with Crippen LogP contribution < -0.4 is 20.6 Å². The number of piperidine rings is 1. The summed E-state index contributed by atoms with van der Waals surface area (Å²) in [6.07, 6.45) is 7.17. The van der Waals surface area contributed by atoms with E-state index in [0.29, 0.717) is 18.5 Å². The van der Waals surface area contributed by atoms with Crippen molar-refractivity contribution in [1.29, 1.82) is 0 Å². The molecule has 1 aromatic carbocycles. The van der Waals surface area contributed by atoms with Gasteiger partial charge in [-0.25, -0.2) is 0 Å². The number of benzene rings is 1. The van der Waals surface area contributed by atoms with E-state index in [4.69, 9.17) is 14.7 Å². The average molecular weight is 554 g/mol. The molecule has 3 N–H and O–H groups in total. The number of ether oxygens (including phenoxy) is 1. The third-order valence-corrected chi connectivity index (χ3v) is 9.35. The molecule has 0 bridgehead atoms. The second-order valence-corrected chi connectivity index (χ2v) is 12.4. The van der Waals surface area contributed by atoms with Gasteiger partial charge < -0.3 is 0 Å². The van der Waals surface area contributed by atoms with E-state index in [2.05, 4.69) is 47.0 Å². The molecule has 2 unspecified atom stereocenters. The van der Waals surface area contributed by atoms with Gasteiger partial charge in [0, 0.05) is 0 Å². The SMILES string of the molecule is CC(C)c1cnn2c([AsH]Cc3cccc(NC(=O)C4CCCCN4)c3)nc(N[C@H]3CCCOC3)nc12. The predicted octanol–water partition coefficient (Wildman–Crippen LogP) is 2.18. The van der Waals surface area contributed by atoms with E-state index in [1.54, 1.807) is 0 Å². The van der Waals surface area contributed by atoms with E-state index in [1.165, 1.54) is 5.56 Å². The first-order valence-electron chi connectivity index (χ1n) is 13.0. The van der Waals surface area contributed by atoms with Crippen LogP contribution in [-0.2, 0) is 14.7 Å². The van der Waals surface area contributed by atoms with E-state index in [-0.39, 0.29) is 18.0 Å². The number of hydrogen-bond acceptors (Lipinski definition) is 7. The molecule has 2 aromatic heterocycles. The fraction of sp³-hybridized carbons (Fsp3) is 0.538. The summed E-state index contributed by atoms with van der Waals surface area (Å²) in [5.74, 6) is 1.05. The second-order valence-electron chi connectivity index (χ2n) is 9.96. The van der Waals surface area contributed by atoms with Gasteiger partial charge in [0.1, 0.15) is 0 Å². The molecule has 192 valence electrons. The summed E-state index contributed by atoms with van der Waals surface area (Å²) < 4.78 is 8.56. The molecule has 2 aliphatic rings. The number of amides is 1. The number of nitrogens with zero attached hydrogens (tertiary/aromatic N) is 4. The summed E-state index contributed by atoms with van der Waals surface area (Å²) in [4.78, 5) is 22.4. The maximum atomic E-state index is 12.7. The van der Waals surface area contributed by atoms with Gasteiger partial charge in [-0.15, -0.1) is 0 Å². The first kappa shape index (κ1) is 25.2. The van der Waals surface area contributed by atoms with Gasteiger partial charge in [0.2, 0.25) is 0 Å². The molecule has 0 aliphatic carbocycles. The van der Waals surface area contributed by atoms with Crippen LogP contribution in [0.25, 0.3) is 5.65 Å². The second kappa shape index (κ2) is 11.7. The van der Waals surface area contributed by atoms with Crippen molar-refractivity contribution in [3.05, 3.63) is 41.6 Å². The quantitative estimate of drug-likeness (QED) is 0.368. The van der Waals surface area contributed by atoms with Crippen molar-refractivity contribution in [2.24, 2.45) is 0 Å². The van der Waals surface area contributed by atoms with Crippen molar-refractivity contribution in [2.75, 3.05) is 30.4 Å². The number of nitrogens with one attached hydrogen (secondary N) is 3. The van der Waals surface area contributed by atoms with Crippen LogP contribution in [0.2, 0.25) is 0 Å². The third-order valence-electron chi connectivity index (χ3n) is 6.78. The number of carbonyl (C=O) groups is 1. The predicted molar refractivity (Wildman–Crippen MR) is 144 cm³/mol. The zero-order chi connectivity index (χ0) is 24.9. The van der Waals surface area contributed by atoms with Crippen LogP contribution in [0.4, 0.5) is 11.6 Å². The molecule has 0 radical (unpaired) electrons. The van der Waals surface area contributed by atoms with E-state index in [1.807, 2.05) is 22.8 Å². The zero-order valence-electron chi connectivity index (χ0n) is 21.1. The zero-order valence-corrected chi connectivity index (χ0v) is 23.2. The van der Waals surface area contributed by atoms with E-state index >= 15 is 0 Å². The summed E-state index contributed by atoms with van der Waals surface area (Å²) in [6.45, 7) is 6.75. The van der Waals surface area contributed by atoms with Crippen molar-refractivity contribution in [3.63, 3.8) is 0 Å². The van der Waals surface area contributed by atoms with Crippen LogP contribution in [-0.4, -0.2) is 73.1 Å². The van der Waals surface area contributed by atoms with Crippen molar-refractivity contribution in [3.8, 4) is 0 Å². The maximum absolute atomic E-state index is 12.7. The standard InChI is InChI=1S/C26H36AsN7O2/c1-17(2)21-15-29-34-23(21)32-26(31-20-9-6-12-36-16-20)33-25(34)27-14-18-7-5-8-19(13-18)30-24(35)22-10-3-4-11-28-22/h5,7-8,13,15,17,20,22,27-28H,3-4,6,9-12,14,16H2,1-2H3,(H,30,35)(H,31,32)/t20-,22?/m0/s1. The minimum absolute atomic E-state index is 0.0561. The number of rotatable bonds is 8. The number of carbonyl (C=O) groups excluding carboxylic acids is 1. The fourth-order valence-corrected chi connectivity index (χ4v) is 7.03. The van der Waals surface area contributed by atoms with Gasteiger partial charge in [-0.1, -0.05) is 0 Å². The molecule has 36 heavy (non-hydrogen) atoms. The average Bonchev–Trinajstić information content (AvgIpc) is 3.33. The van der Waals surface area contributed by atoms with Crippen LogP contribution in [0, 0.1) is 0 Å². The molecular formula is C26H36AsN7O2. The Kier molecular flexibility index (Phi) is 8.19. The molecule has 4 heterocycles. The Morgan fingerprint density at radius 3 is 2.94 bits per heavy atom. The van der Waals surface area contributed by atoms with Crippen LogP contribution >= 0.6 is 0 Å². The molecule has 2 aliphatic heterocycles. The van der Waals surface area contributed by atoms with Gasteiger partial charge in [0.25, 0.3) is 0 Å². The molecule has 3 aromatic rings. The van der Waals surface area contributed by atoms with Crippen LogP contribution in [0.1, 0.15) is 63.0 Å². The van der Waals surface area contributed by atoms with Crippen molar-refractivity contribution < 1.29 is 9.53 Å². The first-order chi connectivity index (χ1) is 17.6. The monoisotopic (exact) mass is 553 g/mol. The molecule has 0 spiro atoms.